The second-order valence-electron chi connectivity index (χ2n) is 7.12. The van der Waals surface area contributed by atoms with Gasteiger partial charge in [-0.15, -0.1) is 0 Å². The first-order valence-corrected chi connectivity index (χ1v) is 9.18. The Labute approximate surface area is 156 Å². The maximum atomic E-state index is 8.89. The summed E-state index contributed by atoms with van der Waals surface area (Å²) in [6, 6.07) is 16.3. The summed E-state index contributed by atoms with van der Waals surface area (Å²) in [5, 5.41) is 17.8. The zero-order valence-electron chi connectivity index (χ0n) is 15.9. The van der Waals surface area contributed by atoms with Gasteiger partial charge in [0.1, 0.15) is 24.7 Å². The molecule has 2 aromatic carbocycles. The third-order valence-corrected chi connectivity index (χ3v) is 4.52. The van der Waals surface area contributed by atoms with Crippen LogP contribution in [0.3, 0.4) is 0 Å². The number of hydrogen-bond donors (Lipinski definition) is 2. The van der Waals surface area contributed by atoms with E-state index < -0.39 is 0 Å². The number of ether oxygens (including phenoxy) is 2. The van der Waals surface area contributed by atoms with Gasteiger partial charge in [-0.3, -0.25) is 0 Å². The molecule has 0 aliphatic heterocycles. The number of benzene rings is 2. The van der Waals surface area contributed by atoms with Gasteiger partial charge in [0, 0.05) is 5.41 Å². The molecule has 0 fully saturated rings. The average molecular weight is 358 g/mol. The summed E-state index contributed by atoms with van der Waals surface area (Å²) in [6.45, 7) is 7.36. The van der Waals surface area contributed by atoms with E-state index in [1.807, 2.05) is 24.3 Å². The second-order valence-corrected chi connectivity index (χ2v) is 7.12. The van der Waals surface area contributed by atoms with Crippen LogP contribution in [0.1, 0.15) is 38.3 Å². The van der Waals surface area contributed by atoms with Gasteiger partial charge in [0.25, 0.3) is 0 Å². The Balaban J connectivity index is 2.29. The van der Waals surface area contributed by atoms with Gasteiger partial charge in [0.2, 0.25) is 0 Å². The van der Waals surface area contributed by atoms with Gasteiger partial charge in [-0.25, -0.2) is 0 Å². The van der Waals surface area contributed by atoms with Crippen molar-refractivity contribution in [2.45, 2.75) is 32.6 Å². The van der Waals surface area contributed by atoms with Crippen molar-refractivity contribution in [3.63, 3.8) is 0 Å². The lowest BCUT2D eigenvalue weighted by Gasteiger charge is -2.33. The van der Waals surface area contributed by atoms with Crippen LogP contribution in [0.15, 0.2) is 48.5 Å². The van der Waals surface area contributed by atoms with E-state index in [0.717, 1.165) is 17.9 Å². The molecular formula is C22H30O4. The van der Waals surface area contributed by atoms with Crippen molar-refractivity contribution in [3.05, 3.63) is 59.7 Å². The lowest BCUT2D eigenvalue weighted by molar-refractivity contribution is 0.201. The van der Waals surface area contributed by atoms with Gasteiger partial charge in [-0.2, -0.15) is 0 Å². The molecule has 4 heteroatoms. The van der Waals surface area contributed by atoms with Crippen molar-refractivity contribution in [2.24, 2.45) is 5.92 Å². The van der Waals surface area contributed by atoms with Crippen LogP contribution in [0.4, 0.5) is 0 Å². The summed E-state index contributed by atoms with van der Waals surface area (Å²) in [7, 11) is 0. The van der Waals surface area contributed by atoms with Crippen LogP contribution < -0.4 is 9.47 Å². The molecule has 0 aliphatic carbocycles. The Bertz CT molecular complexity index is 595. The lowest BCUT2D eigenvalue weighted by atomic mass is 9.71. The highest BCUT2D eigenvalue weighted by molar-refractivity contribution is 5.42. The molecule has 0 amide bonds. The molecule has 142 valence electrons. The first kappa shape index (κ1) is 20.3. The Kier molecular flexibility index (Phi) is 7.49. The third kappa shape index (κ3) is 5.23. The van der Waals surface area contributed by atoms with E-state index >= 15 is 0 Å². The van der Waals surface area contributed by atoms with E-state index in [-0.39, 0.29) is 18.6 Å². The predicted molar refractivity (Wildman–Crippen MR) is 104 cm³/mol. The molecule has 0 aliphatic rings. The highest BCUT2D eigenvalue weighted by Crippen LogP contribution is 2.39. The van der Waals surface area contributed by atoms with E-state index in [1.165, 1.54) is 11.1 Å². The molecule has 2 aromatic rings. The fraction of sp³-hybridized carbons (Fsp3) is 0.455. The molecule has 0 heterocycles. The first-order valence-electron chi connectivity index (χ1n) is 9.18. The van der Waals surface area contributed by atoms with Gasteiger partial charge in [0.15, 0.2) is 0 Å². The number of rotatable bonds is 10. The average Bonchev–Trinajstić information content (AvgIpc) is 2.65. The van der Waals surface area contributed by atoms with Crippen molar-refractivity contribution in [3.8, 4) is 11.5 Å². The molecular weight excluding hydrogens is 328 g/mol. The molecule has 2 rings (SSSR count). The van der Waals surface area contributed by atoms with Crippen LogP contribution in [0.2, 0.25) is 0 Å². The van der Waals surface area contributed by atoms with Gasteiger partial charge in [-0.1, -0.05) is 45.0 Å². The van der Waals surface area contributed by atoms with Crippen molar-refractivity contribution < 1.29 is 19.7 Å². The second kappa shape index (κ2) is 9.60. The Morgan fingerprint density at radius 3 is 1.46 bits per heavy atom. The predicted octanol–water partition coefficient (Wildman–Crippen LogP) is 3.78. The quantitative estimate of drug-likeness (QED) is 0.679. The Morgan fingerprint density at radius 1 is 0.769 bits per heavy atom. The SMILES string of the molecule is CC(C)CC(C)(c1ccc(OCCO)cc1)c1ccc(OCCO)cc1. The molecule has 2 N–H and O–H groups in total. The summed E-state index contributed by atoms with van der Waals surface area (Å²) in [5.74, 6) is 2.07. The largest absolute Gasteiger partial charge is 0.491 e. The molecule has 0 radical (unpaired) electrons. The fourth-order valence-electron chi connectivity index (χ4n) is 3.38. The first-order chi connectivity index (χ1) is 12.5. The minimum absolute atomic E-state index is 0.0114. The van der Waals surface area contributed by atoms with Gasteiger partial charge in [-0.05, 0) is 47.7 Å². The molecule has 4 nitrogen and oxygen atoms in total. The van der Waals surface area contributed by atoms with E-state index in [2.05, 4.69) is 45.0 Å². The number of hydrogen-bond acceptors (Lipinski definition) is 4. The molecule has 0 unspecified atom stereocenters. The van der Waals surface area contributed by atoms with E-state index in [0.29, 0.717) is 19.1 Å². The summed E-state index contributed by atoms with van der Waals surface area (Å²) < 4.78 is 11.0. The topological polar surface area (TPSA) is 58.9 Å². The van der Waals surface area contributed by atoms with Crippen LogP contribution >= 0.6 is 0 Å². The third-order valence-electron chi connectivity index (χ3n) is 4.52. The van der Waals surface area contributed by atoms with Crippen LogP contribution in [-0.2, 0) is 5.41 Å². The number of aliphatic hydroxyl groups excluding tert-OH is 2. The van der Waals surface area contributed by atoms with Crippen molar-refractivity contribution >= 4 is 0 Å². The normalized spacial score (nSPS) is 11.6. The van der Waals surface area contributed by atoms with E-state index in [9.17, 15) is 0 Å². The highest BCUT2D eigenvalue weighted by atomic mass is 16.5. The Hall–Kier alpha value is -2.04. The molecule has 0 spiro atoms. The number of aliphatic hydroxyl groups is 2. The van der Waals surface area contributed by atoms with Gasteiger partial charge < -0.3 is 19.7 Å². The lowest BCUT2D eigenvalue weighted by Crippen LogP contribution is -2.25. The summed E-state index contributed by atoms with van der Waals surface area (Å²) in [5.41, 5.74) is 2.33. The van der Waals surface area contributed by atoms with E-state index in [1.54, 1.807) is 0 Å². The van der Waals surface area contributed by atoms with Gasteiger partial charge >= 0.3 is 0 Å². The Morgan fingerprint density at radius 2 is 1.15 bits per heavy atom. The smallest absolute Gasteiger partial charge is 0.119 e. The van der Waals surface area contributed by atoms with Crippen LogP contribution in [0.25, 0.3) is 0 Å². The molecule has 0 atom stereocenters. The van der Waals surface area contributed by atoms with Crippen molar-refractivity contribution in [1.29, 1.82) is 0 Å². The van der Waals surface area contributed by atoms with Gasteiger partial charge in [0.05, 0.1) is 13.2 Å². The standard InChI is InChI=1S/C22H30O4/c1-17(2)16-22(3,18-4-8-20(9-5-18)25-14-12-23)19-6-10-21(11-7-19)26-15-13-24/h4-11,17,23-24H,12-16H2,1-3H3. The molecule has 0 aromatic heterocycles. The zero-order valence-corrected chi connectivity index (χ0v) is 15.9. The zero-order chi connectivity index (χ0) is 19.0. The minimum atomic E-state index is -0.126. The molecule has 0 saturated carbocycles. The van der Waals surface area contributed by atoms with Crippen molar-refractivity contribution in [2.75, 3.05) is 26.4 Å². The summed E-state index contributed by atoms with van der Waals surface area (Å²) in [6.07, 6.45) is 1.01. The van der Waals surface area contributed by atoms with Crippen LogP contribution in [0, 0.1) is 5.92 Å². The highest BCUT2D eigenvalue weighted by Gasteiger charge is 2.30. The summed E-state index contributed by atoms with van der Waals surface area (Å²) >= 11 is 0. The molecule has 0 saturated heterocycles. The monoisotopic (exact) mass is 358 g/mol. The maximum Gasteiger partial charge on any atom is 0.119 e. The van der Waals surface area contributed by atoms with Crippen LogP contribution in [-0.4, -0.2) is 36.6 Å². The van der Waals surface area contributed by atoms with E-state index in [4.69, 9.17) is 19.7 Å². The summed E-state index contributed by atoms with van der Waals surface area (Å²) in [4.78, 5) is 0. The van der Waals surface area contributed by atoms with Crippen LogP contribution in [0.5, 0.6) is 11.5 Å². The molecule has 26 heavy (non-hydrogen) atoms. The maximum absolute atomic E-state index is 8.89. The van der Waals surface area contributed by atoms with Crippen molar-refractivity contribution in [1.82, 2.24) is 0 Å². The minimum Gasteiger partial charge on any atom is -0.491 e. The fourth-order valence-corrected chi connectivity index (χ4v) is 3.38. The molecule has 0 bridgehead atoms.